The summed E-state index contributed by atoms with van der Waals surface area (Å²) in [6, 6.07) is 8.13. The second-order valence-electron chi connectivity index (χ2n) is 2.41. The second kappa shape index (κ2) is 6.63. The number of hydrogen-bond acceptors (Lipinski definition) is 2. The van der Waals surface area contributed by atoms with Crippen molar-refractivity contribution >= 4 is 41.0 Å². The molecule has 0 aliphatic rings. The average Bonchev–Trinajstić information content (AvgIpc) is 2.17. The Kier molecular flexibility index (Phi) is 5.75. The van der Waals surface area contributed by atoms with E-state index in [1.54, 1.807) is 0 Å². The van der Waals surface area contributed by atoms with Crippen LogP contribution in [0.2, 0.25) is 0 Å². The van der Waals surface area contributed by atoms with Gasteiger partial charge in [-0.3, -0.25) is 0 Å². The fraction of sp³-hybridized carbons (Fsp3) is 0.250. The zero-order chi connectivity index (χ0) is 9.52. The summed E-state index contributed by atoms with van der Waals surface area (Å²) in [6.45, 7) is 1.14. The topological polar surface area (TPSA) is 35.2 Å². The van der Waals surface area contributed by atoms with Crippen LogP contribution in [0.4, 0.5) is 0 Å². The lowest BCUT2D eigenvalue weighted by molar-refractivity contribution is 0.328. The van der Waals surface area contributed by atoms with E-state index in [1.807, 2.05) is 12.1 Å². The predicted molar refractivity (Wildman–Crippen MR) is 68.7 cm³/mol. The third-order valence-electron chi connectivity index (χ3n) is 1.46. The number of rotatable bonds is 5. The number of halogens is 1. The Morgan fingerprint density at radius 3 is 2.62 bits per heavy atom. The minimum Gasteiger partial charge on any atom is -0.492 e. The van der Waals surface area contributed by atoms with Crippen LogP contribution in [0.1, 0.15) is 0 Å². The van der Waals surface area contributed by atoms with Crippen LogP contribution < -0.4 is 15.8 Å². The Morgan fingerprint density at radius 1 is 1.38 bits per heavy atom. The van der Waals surface area contributed by atoms with Crippen molar-refractivity contribution in [3.05, 3.63) is 24.3 Å². The van der Waals surface area contributed by atoms with Gasteiger partial charge < -0.3 is 10.5 Å². The number of hydrogen-bond donors (Lipinski definition) is 1. The molecule has 1 aromatic rings. The summed E-state index contributed by atoms with van der Waals surface area (Å²) in [5.41, 5.74) is 5.32. The van der Waals surface area contributed by atoms with Crippen molar-refractivity contribution in [3.63, 3.8) is 0 Å². The molecule has 0 fully saturated rings. The van der Waals surface area contributed by atoms with Crippen LogP contribution in [0.5, 0.6) is 5.75 Å². The van der Waals surface area contributed by atoms with Crippen molar-refractivity contribution in [2.24, 2.45) is 5.73 Å². The van der Waals surface area contributed by atoms with Crippen molar-refractivity contribution < 1.29 is 4.74 Å². The number of benzene rings is 1. The zero-order valence-corrected chi connectivity index (χ0v) is 10.3. The van der Waals surface area contributed by atoms with Crippen molar-refractivity contribution in [2.45, 2.75) is 0 Å². The second-order valence-corrected chi connectivity index (χ2v) is 5.37. The molecule has 2 nitrogen and oxygen atoms in total. The van der Waals surface area contributed by atoms with Crippen LogP contribution in [0.3, 0.4) is 0 Å². The molecule has 0 spiro atoms. The van der Waals surface area contributed by atoms with Gasteiger partial charge in [-0.25, -0.2) is 0 Å². The van der Waals surface area contributed by atoms with Gasteiger partial charge in [0.25, 0.3) is 0 Å². The van der Waals surface area contributed by atoms with Crippen molar-refractivity contribution in [1.82, 2.24) is 0 Å². The van der Waals surface area contributed by atoms with E-state index in [2.05, 4.69) is 39.4 Å². The monoisotopic (exact) mass is 306 g/mol. The predicted octanol–water partition coefficient (Wildman–Crippen LogP) is 1.30. The molecule has 1 aromatic carbocycles. The standard InChI is InChI=1S/C8H11BINOP/c10-9-13-8-3-1-7(2-4-8)12-6-5-11/h1-4,13H,5-6,11H2. The molecule has 1 rings (SSSR count). The van der Waals surface area contributed by atoms with E-state index in [0.29, 0.717) is 13.2 Å². The van der Waals surface area contributed by atoms with Crippen LogP contribution in [0, 0.1) is 0 Å². The summed E-state index contributed by atoms with van der Waals surface area (Å²) in [5.74, 6) is 0.896. The summed E-state index contributed by atoms with van der Waals surface area (Å²) < 4.78 is 5.35. The van der Waals surface area contributed by atoms with Crippen LogP contribution in [0.15, 0.2) is 24.3 Å². The minimum atomic E-state index is 0.561. The molecular weight excluding hydrogens is 295 g/mol. The lowest BCUT2D eigenvalue weighted by Gasteiger charge is -2.04. The first-order valence-corrected chi connectivity index (χ1v) is 6.30. The van der Waals surface area contributed by atoms with Gasteiger partial charge in [-0.2, -0.15) is 22.4 Å². The molecule has 0 saturated carbocycles. The molecule has 0 bridgehead atoms. The molecule has 0 saturated heterocycles. The molecule has 1 unspecified atom stereocenters. The van der Waals surface area contributed by atoms with Gasteiger partial charge in [0.05, 0.1) is 0 Å². The lowest BCUT2D eigenvalue weighted by Crippen LogP contribution is -2.10. The summed E-state index contributed by atoms with van der Waals surface area (Å²) in [4.78, 5) is 2.13. The maximum atomic E-state index is 5.35. The van der Waals surface area contributed by atoms with E-state index in [4.69, 9.17) is 10.5 Å². The smallest absolute Gasteiger partial charge is 0.234 e. The maximum Gasteiger partial charge on any atom is 0.234 e. The molecule has 13 heavy (non-hydrogen) atoms. The molecule has 0 aliphatic carbocycles. The van der Waals surface area contributed by atoms with E-state index in [0.717, 1.165) is 14.2 Å². The van der Waals surface area contributed by atoms with E-state index in [-0.39, 0.29) is 0 Å². The van der Waals surface area contributed by atoms with Crippen molar-refractivity contribution in [1.29, 1.82) is 0 Å². The van der Waals surface area contributed by atoms with Crippen LogP contribution in [-0.4, -0.2) is 18.0 Å². The Labute approximate surface area is 94.5 Å². The van der Waals surface area contributed by atoms with Crippen molar-refractivity contribution in [2.75, 3.05) is 13.2 Å². The van der Waals surface area contributed by atoms with E-state index < -0.39 is 0 Å². The third kappa shape index (κ3) is 4.29. The number of ether oxygens (including phenoxy) is 1. The van der Waals surface area contributed by atoms with Gasteiger partial charge in [0.2, 0.25) is 4.86 Å². The van der Waals surface area contributed by atoms with Crippen LogP contribution in [-0.2, 0) is 0 Å². The molecule has 0 heterocycles. The molecular formula is C8H11BINOP. The van der Waals surface area contributed by atoms with Gasteiger partial charge in [-0.05, 0) is 17.4 Å². The lowest BCUT2D eigenvalue weighted by atomic mass is 10.3. The highest BCUT2D eigenvalue weighted by Crippen LogP contribution is 2.14. The van der Waals surface area contributed by atoms with E-state index in [1.165, 1.54) is 5.30 Å². The summed E-state index contributed by atoms with van der Waals surface area (Å²) in [5, 5.41) is 1.33. The van der Waals surface area contributed by atoms with Gasteiger partial charge in [-0.15, -0.1) is 8.46 Å². The quantitative estimate of drug-likeness (QED) is 0.505. The summed E-state index contributed by atoms with van der Waals surface area (Å²) in [6.07, 6.45) is 0. The first-order chi connectivity index (χ1) is 6.36. The third-order valence-corrected chi connectivity index (χ3v) is 3.17. The fourth-order valence-corrected chi connectivity index (χ4v) is 2.45. The molecule has 2 N–H and O–H groups in total. The average molecular weight is 306 g/mol. The Hall–Kier alpha value is 0.205. The van der Waals surface area contributed by atoms with Gasteiger partial charge in [0.15, 0.2) is 0 Å². The highest BCUT2D eigenvalue weighted by atomic mass is 127. The van der Waals surface area contributed by atoms with Crippen LogP contribution >= 0.6 is 30.8 Å². The van der Waals surface area contributed by atoms with Gasteiger partial charge in [0, 0.05) is 6.54 Å². The maximum absolute atomic E-state index is 5.35. The fourth-order valence-electron chi connectivity index (χ4n) is 0.887. The minimum absolute atomic E-state index is 0.561. The Balaban J connectivity index is 2.48. The molecule has 0 amide bonds. The summed E-state index contributed by atoms with van der Waals surface area (Å²) >= 11 is 2.26. The largest absolute Gasteiger partial charge is 0.492 e. The first-order valence-electron chi connectivity index (χ1n) is 3.98. The Bertz CT molecular complexity index is 244. The normalized spacial score (nSPS) is 10.6. The van der Waals surface area contributed by atoms with Gasteiger partial charge in [-0.1, -0.05) is 12.1 Å². The highest BCUT2D eigenvalue weighted by molar-refractivity contribution is 14.1. The van der Waals surface area contributed by atoms with Crippen LogP contribution in [0.25, 0.3) is 0 Å². The molecule has 0 aromatic heterocycles. The van der Waals surface area contributed by atoms with E-state index in [9.17, 15) is 0 Å². The SMILES string of the molecule is NCCOc1ccc(P[B]I)cc1. The molecule has 0 aliphatic heterocycles. The number of nitrogens with two attached hydrogens (primary N) is 1. The molecule has 5 heteroatoms. The van der Waals surface area contributed by atoms with Gasteiger partial charge in [0.1, 0.15) is 12.4 Å². The molecule has 1 radical (unpaired) electrons. The highest BCUT2D eigenvalue weighted by Gasteiger charge is 1.94. The van der Waals surface area contributed by atoms with E-state index >= 15 is 0 Å². The van der Waals surface area contributed by atoms with Crippen molar-refractivity contribution in [3.8, 4) is 5.75 Å². The zero-order valence-electron chi connectivity index (χ0n) is 7.16. The Morgan fingerprint density at radius 2 is 2.08 bits per heavy atom. The molecule has 1 atom stereocenters. The molecule has 69 valence electrons. The summed E-state index contributed by atoms with van der Waals surface area (Å²) in [7, 11) is 0.767. The van der Waals surface area contributed by atoms with Gasteiger partial charge >= 0.3 is 0 Å². The first kappa shape index (κ1) is 11.3.